The minimum absolute atomic E-state index is 0.891. The number of anilines is 3. The van der Waals surface area contributed by atoms with Crippen molar-refractivity contribution in [2.75, 3.05) is 4.90 Å². The van der Waals surface area contributed by atoms with E-state index in [1.165, 1.54) is 49.6 Å². The van der Waals surface area contributed by atoms with E-state index in [2.05, 4.69) is 264 Å². The molecule has 2 aromatic heterocycles. The molecule has 3 heteroatoms. The van der Waals surface area contributed by atoms with Gasteiger partial charge in [0.1, 0.15) is 11.2 Å². The Hall–Kier alpha value is -9.18. The van der Waals surface area contributed by atoms with Crippen LogP contribution in [-0.2, 0) is 0 Å². The van der Waals surface area contributed by atoms with E-state index in [1.54, 1.807) is 0 Å². The number of nitrogens with zero attached hydrogens (tertiary/aromatic N) is 2. The molecule has 0 saturated carbocycles. The van der Waals surface area contributed by atoms with Crippen LogP contribution in [0.2, 0.25) is 0 Å². The third kappa shape index (κ3) is 7.08. The SMILES string of the molecule is c1ccc(-c2cccc(-c3cccc(N(c4ccc(-c5ccccc5-c5ccccc5-n5c6ccccc6c6ccccc65)cc4)c4cccc(-c5cccc6c5oc5ccccc56)c4)c3)c2)cc1. The van der Waals surface area contributed by atoms with Gasteiger partial charge in [0.15, 0.2) is 0 Å². The summed E-state index contributed by atoms with van der Waals surface area (Å²) in [6.45, 7) is 0. The first-order valence-electron chi connectivity index (χ1n) is 23.6. The van der Waals surface area contributed by atoms with Crippen LogP contribution >= 0.6 is 0 Å². The number of rotatable bonds is 9. The van der Waals surface area contributed by atoms with Gasteiger partial charge in [-0.2, -0.15) is 0 Å². The van der Waals surface area contributed by atoms with E-state index in [1.807, 2.05) is 12.1 Å². The fourth-order valence-electron chi connectivity index (χ4n) is 10.4. The molecule has 0 bridgehead atoms. The lowest BCUT2D eigenvalue weighted by Crippen LogP contribution is -2.10. The van der Waals surface area contributed by atoms with Crippen molar-refractivity contribution in [1.29, 1.82) is 0 Å². The Morgan fingerprint density at radius 3 is 1.51 bits per heavy atom. The first-order chi connectivity index (χ1) is 34.2. The second-order valence-electron chi connectivity index (χ2n) is 17.6. The Morgan fingerprint density at radius 1 is 0.275 bits per heavy atom. The Bertz CT molecular complexity index is 3970. The molecule has 0 amide bonds. The normalized spacial score (nSPS) is 11.5. The summed E-state index contributed by atoms with van der Waals surface area (Å²) in [5, 5.41) is 4.74. The minimum Gasteiger partial charge on any atom is -0.455 e. The van der Waals surface area contributed by atoms with Crippen molar-refractivity contribution in [2.24, 2.45) is 0 Å². The fourth-order valence-corrected chi connectivity index (χ4v) is 10.4. The number of hydrogen-bond donors (Lipinski definition) is 0. The maximum atomic E-state index is 6.56. The summed E-state index contributed by atoms with van der Waals surface area (Å²) in [4.78, 5) is 2.38. The van der Waals surface area contributed by atoms with Crippen LogP contribution < -0.4 is 4.90 Å². The van der Waals surface area contributed by atoms with Crippen LogP contribution in [0.5, 0.6) is 0 Å². The van der Waals surface area contributed by atoms with Gasteiger partial charge in [0, 0.05) is 49.7 Å². The molecule has 0 unspecified atom stereocenters. The van der Waals surface area contributed by atoms with E-state index in [0.29, 0.717) is 0 Å². The Balaban J connectivity index is 0.934. The highest BCUT2D eigenvalue weighted by Gasteiger charge is 2.20. The predicted molar refractivity (Wildman–Crippen MR) is 290 cm³/mol. The maximum Gasteiger partial charge on any atom is 0.143 e. The minimum atomic E-state index is 0.891. The average Bonchev–Trinajstić information content (AvgIpc) is 3.98. The van der Waals surface area contributed by atoms with E-state index in [0.717, 1.165) is 72.5 Å². The van der Waals surface area contributed by atoms with Crippen molar-refractivity contribution in [1.82, 2.24) is 4.57 Å². The van der Waals surface area contributed by atoms with Crippen LogP contribution in [0.25, 0.3) is 105 Å². The molecular formula is C66H44N2O. The highest BCUT2D eigenvalue weighted by Crippen LogP contribution is 2.44. The van der Waals surface area contributed by atoms with Crippen molar-refractivity contribution in [2.45, 2.75) is 0 Å². The molecule has 69 heavy (non-hydrogen) atoms. The molecule has 324 valence electrons. The van der Waals surface area contributed by atoms with E-state index >= 15 is 0 Å². The van der Waals surface area contributed by atoms with E-state index in [9.17, 15) is 0 Å². The molecule has 0 aliphatic rings. The van der Waals surface area contributed by atoms with Crippen molar-refractivity contribution < 1.29 is 4.42 Å². The second-order valence-corrected chi connectivity index (χ2v) is 17.6. The van der Waals surface area contributed by atoms with Gasteiger partial charge in [-0.1, -0.05) is 200 Å². The third-order valence-electron chi connectivity index (χ3n) is 13.6. The molecule has 13 rings (SSSR count). The van der Waals surface area contributed by atoms with Crippen LogP contribution in [-0.4, -0.2) is 4.57 Å². The lowest BCUT2D eigenvalue weighted by Gasteiger charge is -2.27. The number of furan rings is 1. The first kappa shape index (κ1) is 40.1. The van der Waals surface area contributed by atoms with Gasteiger partial charge in [0.25, 0.3) is 0 Å². The molecule has 0 aliphatic carbocycles. The van der Waals surface area contributed by atoms with Crippen LogP contribution in [0.3, 0.4) is 0 Å². The van der Waals surface area contributed by atoms with E-state index in [-0.39, 0.29) is 0 Å². The summed E-state index contributed by atoms with van der Waals surface area (Å²) in [6, 6.07) is 96.1. The van der Waals surface area contributed by atoms with Crippen LogP contribution in [0.15, 0.2) is 271 Å². The number of fused-ring (bicyclic) bond motifs is 6. The quantitative estimate of drug-likeness (QED) is 0.144. The zero-order valence-corrected chi connectivity index (χ0v) is 37.7. The summed E-state index contributed by atoms with van der Waals surface area (Å²) in [6.07, 6.45) is 0. The number of aromatic nitrogens is 1. The molecule has 0 radical (unpaired) electrons. The van der Waals surface area contributed by atoms with Gasteiger partial charge < -0.3 is 13.9 Å². The number of benzene rings is 11. The summed E-state index contributed by atoms with van der Waals surface area (Å²) in [5.41, 5.74) is 20.0. The van der Waals surface area contributed by atoms with Crippen LogP contribution in [0.1, 0.15) is 0 Å². The van der Waals surface area contributed by atoms with Crippen LogP contribution in [0.4, 0.5) is 17.1 Å². The summed E-state index contributed by atoms with van der Waals surface area (Å²) in [5.74, 6) is 0. The Kier molecular flexibility index (Phi) is 9.84. The van der Waals surface area contributed by atoms with Crippen LogP contribution in [0, 0.1) is 0 Å². The van der Waals surface area contributed by atoms with Gasteiger partial charge in [0.05, 0.1) is 16.7 Å². The Morgan fingerprint density at radius 2 is 0.768 bits per heavy atom. The number of para-hydroxylation sites is 5. The zero-order valence-electron chi connectivity index (χ0n) is 37.7. The van der Waals surface area contributed by atoms with Gasteiger partial charge in [-0.25, -0.2) is 0 Å². The number of hydrogen-bond acceptors (Lipinski definition) is 2. The zero-order chi connectivity index (χ0) is 45.7. The molecule has 0 aliphatic heterocycles. The summed E-state index contributed by atoms with van der Waals surface area (Å²) < 4.78 is 8.98. The second kappa shape index (κ2) is 16.9. The van der Waals surface area contributed by atoms with Gasteiger partial charge in [-0.15, -0.1) is 0 Å². The van der Waals surface area contributed by atoms with Gasteiger partial charge in [0.2, 0.25) is 0 Å². The first-order valence-corrected chi connectivity index (χ1v) is 23.6. The monoisotopic (exact) mass is 880 g/mol. The van der Waals surface area contributed by atoms with Crippen molar-refractivity contribution >= 4 is 60.8 Å². The standard InChI is InChI=1S/C66H44N2O/c1-2-18-45(19-3-1)47-20-14-21-48(42-47)49-22-15-24-52(43-49)67(53-25-16-23-50(44-53)55-32-17-33-61-60-31-9-13-37-65(60)69-66(55)61)51-40-38-46(39-41-51)54-26-4-5-27-56(54)57-28-6-10-34-62(57)68-63-35-11-7-29-58(63)59-30-8-12-36-64(59)68/h1-44H. The lowest BCUT2D eigenvalue weighted by molar-refractivity contribution is 0.670. The van der Waals surface area contributed by atoms with Crippen molar-refractivity contribution in [3.63, 3.8) is 0 Å². The van der Waals surface area contributed by atoms with Gasteiger partial charge in [-0.05, 0) is 111 Å². The molecule has 2 heterocycles. The van der Waals surface area contributed by atoms with Crippen molar-refractivity contribution in [3.8, 4) is 61.3 Å². The van der Waals surface area contributed by atoms with Gasteiger partial charge >= 0.3 is 0 Å². The van der Waals surface area contributed by atoms with E-state index in [4.69, 9.17) is 4.42 Å². The summed E-state index contributed by atoms with van der Waals surface area (Å²) in [7, 11) is 0. The molecular weight excluding hydrogens is 837 g/mol. The third-order valence-corrected chi connectivity index (χ3v) is 13.6. The van der Waals surface area contributed by atoms with Gasteiger partial charge in [-0.3, -0.25) is 0 Å². The molecule has 13 aromatic rings. The molecule has 0 spiro atoms. The molecule has 0 N–H and O–H groups in total. The highest BCUT2D eigenvalue weighted by atomic mass is 16.3. The molecule has 0 saturated heterocycles. The molecule has 3 nitrogen and oxygen atoms in total. The molecule has 0 atom stereocenters. The molecule has 0 fully saturated rings. The summed E-state index contributed by atoms with van der Waals surface area (Å²) >= 11 is 0. The lowest BCUT2D eigenvalue weighted by atomic mass is 9.93. The fraction of sp³-hybridized carbons (Fsp3) is 0. The highest BCUT2D eigenvalue weighted by molar-refractivity contribution is 6.11. The predicted octanol–water partition coefficient (Wildman–Crippen LogP) is 18.5. The average molecular weight is 881 g/mol. The van der Waals surface area contributed by atoms with Crippen molar-refractivity contribution in [3.05, 3.63) is 267 Å². The molecule has 11 aromatic carbocycles. The smallest absolute Gasteiger partial charge is 0.143 e. The largest absolute Gasteiger partial charge is 0.455 e. The maximum absolute atomic E-state index is 6.56. The van der Waals surface area contributed by atoms with E-state index < -0.39 is 0 Å². The topological polar surface area (TPSA) is 21.3 Å². The Labute approximate surface area is 401 Å².